The molecule has 2 heterocycles. The first-order chi connectivity index (χ1) is 17.6. The van der Waals surface area contributed by atoms with E-state index in [-0.39, 0.29) is 41.3 Å². The number of methoxy groups -OCH3 is 1. The van der Waals surface area contributed by atoms with Gasteiger partial charge in [0, 0.05) is 19.3 Å². The van der Waals surface area contributed by atoms with Gasteiger partial charge in [-0.2, -0.15) is 0 Å². The van der Waals surface area contributed by atoms with Crippen LogP contribution in [0.2, 0.25) is 0 Å². The molecule has 7 atom stereocenters. The van der Waals surface area contributed by atoms with Crippen LogP contribution < -0.4 is 16.4 Å². The van der Waals surface area contributed by atoms with Crippen molar-refractivity contribution in [2.45, 2.75) is 88.9 Å². The Morgan fingerprint density at radius 1 is 1.27 bits per heavy atom. The van der Waals surface area contributed by atoms with E-state index in [2.05, 4.69) is 37.5 Å². The number of allylic oxidation sites excluding steroid dienone is 1. The minimum atomic E-state index is -0.571. The molecule has 0 bridgehead atoms. The number of hydrogen-bond acceptors (Lipinski definition) is 7. The molecule has 4 N–H and O–H groups in total. The molecule has 3 aliphatic rings. The Hall–Kier alpha value is -2.46. The van der Waals surface area contributed by atoms with Gasteiger partial charge < -0.3 is 35.3 Å². The lowest BCUT2D eigenvalue weighted by atomic mass is 9.68. The summed E-state index contributed by atoms with van der Waals surface area (Å²) in [6.45, 7) is 9.06. The van der Waals surface area contributed by atoms with Gasteiger partial charge in [-0.25, -0.2) is 4.79 Å². The number of benzene rings is 1. The lowest BCUT2D eigenvalue weighted by molar-refractivity contribution is -0.118. The molecule has 37 heavy (non-hydrogen) atoms. The fraction of sp³-hybridized carbons (Fsp3) is 0.643. The van der Waals surface area contributed by atoms with Gasteiger partial charge >= 0.3 is 6.09 Å². The highest BCUT2D eigenvalue weighted by Gasteiger charge is 2.72. The van der Waals surface area contributed by atoms with Crippen molar-refractivity contribution in [3.05, 3.63) is 41.5 Å². The monoisotopic (exact) mass is 515 g/mol. The molecule has 1 spiro atoms. The summed E-state index contributed by atoms with van der Waals surface area (Å²) in [4.78, 5) is 24.4. The summed E-state index contributed by atoms with van der Waals surface area (Å²) in [5.41, 5.74) is 7.95. The summed E-state index contributed by atoms with van der Waals surface area (Å²) in [7, 11) is 1.67. The van der Waals surface area contributed by atoms with Gasteiger partial charge in [-0.1, -0.05) is 23.8 Å². The zero-order chi connectivity index (χ0) is 26.8. The molecule has 2 amide bonds. The van der Waals surface area contributed by atoms with Crippen molar-refractivity contribution in [3.8, 4) is 0 Å². The van der Waals surface area contributed by atoms with Crippen LogP contribution in [0, 0.1) is 5.92 Å². The van der Waals surface area contributed by atoms with Crippen LogP contribution in [-0.4, -0.2) is 67.8 Å². The number of ether oxygens (including phenoxy) is 4. The van der Waals surface area contributed by atoms with Crippen LogP contribution in [-0.2, 0) is 30.2 Å². The molecule has 204 valence electrons. The second-order valence-electron chi connectivity index (χ2n) is 11.0. The van der Waals surface area contributed by atoms with E-state index >= 15 is 0 Å². The van der Waals surface area contributed by atoms with Crippen molar-refractivity contribution in [3.63, 3.8) is 0 Å². The van der Waals surface area contributed by atoms with E-state index in [9.17, 15) is 9.59 Å². The van der Waals surface area contributed by atoms with E-state index in [1.165, 1.54) is 5.57 Å². The Bertz CT molecular complexity index is 1000. The molecule has 3 fully saturated rings. The summed E-state index contributed by atoms with van der Waals surface area (Å²) < 4.78 is 24.0. The quantitative estimate of drug-likeness (QED) is 0.322. The van der Waals surface area contributed by atoms with Gasteiger partial charge in [-0.3, -0.25) is 4.79 Å². The Labute approximate surface area is 219 Å². The third-order valence-corrected chi connectivity index (χ3v) is 7.81. The summed E-state index contributed by atoms with van der Waals surface area (Å²) >= 11 is 0. The van der Waals surface area contributed by atoms with Gasteiger partial charge in [0.1, 0.15) is 23.4 Å². The highest BCUT2D eigenvalue weighted by atomic mass is 16.6. The van der Waals surface area contributed by atoms with Gasteiger partial charge in [-0.15, -0.1) is 0 Å². The van der Waals surface area contributed by atoms with E-state index in [1.807, 2.05) is 24.3 Å². The molecule has 1 aromatic carbocycles. The van der Waals surface area contributed by atoms with Crippen LogP contribution in [0.25, 0.3) is 0 Å². The number of anilines is 1. The Kier molecular flexibility index (Phi) is 8.28. The fourth-order valence-electron chi connectivity index (χ4n) is 5.57. The molecule has 1 saturated carbocycles. The molecule has 4 rings (SSSR count). The van der Waals surface area contributed by atoms with Crippen molar-refractivity contribution >= 4 is 17.7 Å². The molecule has 0 aromatic heterocycles. The van der Waals surface area contributed by atoms with Gasteiger partial charge in [0.05, 0.1) is 24.7 Å². The van der Waals surface area contributed by atoms with Gasteiger partial charge in [0.25, 0.3) is 0 Å². The summed E-state index contributed by atoms with van der Waals surface area (Å²) in [6, 6.07) is 6.89. The average Bonchev–Trinajstić information content (AvgIpc) is 3.77. The van der Waals surface area contributed by atoms with Crippen LogP contribution in [0.15, 0.2) is 35.9 Å². The van der Waals surface area contributed by atoms with E-state index in [0.29, 0.717) is 31.7 Å². The van der Waals surface area contributed by atoms with Crippen molar-refractivity contribution in [1.82, 2.24) is 5.32 Å². The number of carbonyl (C=O) groups is 2. The average molecular weight is 516 g/mol. The van der Waals surface area contributed by atoms with E-state index in [1.54, 1.807) is 14.0 Å². The van der Waals surface area contributed by atoms with E-state index in [0.717, 1.165) is 18.4 Å². The smallest absolute Gasteiger partial charge is 0.407 e. The number of nitrogens with two attached hydrogens (primary N) is 1. The molecule has 1 aromatic rings. The Morgan fingerprint density at radius 2 is 1.97 bits per heavy atom. The lowest BCUT2D eigenvalue weighted by Gasteiger charge is -2.42. The van der Waals surface area contributed by atoms with Crippen molar-refractivity contribution in [2.24, 2.45) is 11.7 Å². The molecule has 0 radical (unpaired) electrons. The van der Waals surface area contributed by atoms with Crippen LogP contribution in [0.5, 0.6) is 0 Å². The van der Waals surface area contributed by atoms with Crippen LogP contribution in [0.3, 0.4) is 0 Å². The third kappa shape index (κ3) is 6.34. The van der Waals surface area contributed by atoms with E-state index in [4.69, 9.17) is 24.7 Å². The number of hydrogen-bond donors (Lipinski definition) is 3. The fourth-order valence-corrected chi connectivity index (χ4v) is 5.57. The maximum absolute atomic E-state index is 12.7. The van der Waals surface area contributed by atoms with Crippen LogP contribution >= 0.6 is 0 Å². The van der Waals surface area contributed by atoms with Gasteiger partial charge in [0.2, 0.25) is 5.91 Å². The number of carbonyl (C=O) groups excluding carboxylic acids is 2. The molecule has 9 nitrogen and oxygen atoms in total. The minimum absolute atomic E-state index is 0.00613. The summed E-state index contributed by atoms with van der Waals surface area (Å²) in [5, 5.41) is 5.61. The van der Waals surface area contributed by atoms with E-state index < -0.39 is 12.1 Å². The number of rotatable bonds is 10. The maximum atomic E-state index is 12.7. The molecular formula is C28H41N3O6. The highest BCUT2D eigenvalue weighted by molar-refractivity contribution is 5.94. The lowest BCUT2D eigenvalue weighted by Crippen LogP contribution is -2.56. The predicted molar refractivity (Wildman–Crippen MR) is 140 cm³/mol. The maximum Gasteiger partial charge on any atom is 0.407 e. The third-order valence-electron chi connectivity index (χ3n) is 7.81. The number of amides is 2. The number of epoxide rings is 2. The largest absolute Gasteiger partial charge is 0.443 e. The zero-order valence-corrected chi connectivity index (χ0v) is 22.5. The topological polar surface area (TPSA) is 128 Å². The minimum Gasteiger partial charge on any atom is -0.443 e. The second-order valence-corrected chi connectivity index (χ2v) is 11.0. The molecule has 2 saturated heterocycles. The Balaban J connectivity index is 1.29. The normalized spacial score (nSPS) is 32.8. The number of alkyl carbamates (subject to hydrolysis) is 1. The van der Waals surface area contributed by atoms with Crippen molar-refractivity contribution in [1.29, 1.82) is 0 Å². The molecule has 0 unspecified atom stereocenters. The molecule has 2 aliphatic heterocycles. The van der Waals surface area contributed by atoms with Crippen LogP contribution in [0.1, 0.15) is 52.5 Å². The summed E-state index contributed by atoms with van der Waals surface area (Å²) in [6.07, 6.45) is 4.17. The van der Waals surface area contributed by atoms with Gasteiger partial charge in [0.15, 0.2) is 0 Å². The molecule has 9 heteroatoms. The predicted octanol–water partition coefficient (Wildman–Crippen LogP) is 3.32. The first-order valence-corrected chi connectivity index (χ1v) is 13.2. The van der Waals surface area contributed by atoms with Crippen molar-refractivity contribution in [2.75, 3.05) is 25.6 Å². The second kappa shape index (κ2) is 11.1. The first-order valence-electron chi connectivity index (χ1n) is 13.2. The zero-order valence-electron chi connectivity index (χ0n) is 22.5. The standard InChI is InChI=1S/C28H41N3O6/c1-17(2)6-11-22-27(4,37-22)24-23(34-5)21(12-14-28(24)16-35-28)36-26(33)30-15-13-19-7-9-20(10-8-19)31-25(32)18(3)29/h6-10,18,21-24H,11-16,29H2,1-5H3,(H,30,33)(H,31,32)/t18-,21+,22+,23+,24+,27-,28-/m0/s1. The molecular weight excluding hydrogens is 474 g/mol. The number of nitrogens with one attached hydrogen (secondary N) is 2. The Morgan fingerprint density at radius 3 is 2.57 bits per heavy atom. The highest BCUT2D eigenvalue weighted by Crippen LogP contribution is 2.59. The SMILES string of the molecule is CO[C@@H]1[C@H](OC(=O)NCCc2ccc(NC(=O)[C@H](C)N)cc2)CC[C@]2(CO2)[C@H]1[C@@]1(C)O[C@@H]1CC=C(C)C. The van der Waals surface area contributed by atoms with Gasteiger partial charge in [-0.05, 0) is 71.1 Å². The van der Waals surface area contributed by atoms with Crippen molar-refractivity contribution < 1.29 is 28.5 Å². The summed E-state index contributed by atoms with van der Waals surface area (Å²) in [5.74, 6) is -0.241. The molecule has 1 aliphatic carbocycles. The van der Waals surface area contributed by atoms with Crippen LogP contribution in [0.4, 0.5) is 10.5 Å². The first kappa shape index (κ1) is 27.6.